The third-order valence-electron chi connectivity index (χ3n) is 5.23. The highest BCUT2D eigenvalue weighted by molar-refractivity contribution is 5.95. The van der Waals surface area contributed by atoms with Gasteiger partial charge in [-0.15, -0.1) is 0 Å². The van der Waals surface area contributed by atoms with Crippen molar-refractivity contribution in [3.63, 3.8) is 0 Å². The van der Waals surface area contributed by atoms with Crippen molar-refractivity contribution in [2.75, 3.05) is 13.7 Å². The number of methoxy groups -OCH3 is 1. The van der Waals surface area contributed by atoms with Crippen LogP contribution in [0.1, 0.15) is 52.3 Å². The predicted molar refractivity (Wildman–Crippen MR) is 114 cm³/mol. The van der Waals surface area contributed by atoms with Crippen LogP contribution in [0.4, 0.5) is 0 Å². The normalized spacial score (nSPS) is 11.9. The Bertz CT molecular complexity index is 1090. The fourth-order valence-electron chi connectivity index (χ4n) is 3.56. The maximum absolute atomic E-state index is 13.3. The Morgan fingerprint density at radius 3 is 2.63 bits per heavy atom. The lowest BCUT2D eigenvalue weighted by atomic mass is 9.95. The summed E-state index contributed by atoms with van der Waals surface area (Å²) in [7, 11) is 1.34. The molecule has 0 unspecified atom stereocenters. The number of imidazole rings is 1. The number of benzene rings is 1. The number of aryl methyl sites for hydroxylation is 2. The van der Waals surface area contributed by atoms with E-state index in [1.807, 2.05) is 51.1 Å². The van der Waals surface area contributed by atoms with Gasteiger partial charge >= 0.3 is 5.97 Å². The minimum absolute atomic E-state index is 0.0342. The van der Waals surface area contributed by atoms with Crippen molar-refractivity contribution in [1.82, 2.24) is 14.7 Å². The average Bonchev–Trinajstić information content (AvgIpc) is 3.06. The molecule has 0 saturated heterocycles. The van der Waals surface area contributed by atoms with Crippen LogP contribution in [-0.4, -0.2) is 35.0 Å². The van der Waals surface area contributed by atoms with Gasteiger partial charge in [-0.2, -0.15) is 0 Å². The quantitative estimate of drug-likeness (QED) is 0.602. The van der Waals surface area contributed by atoms with Gasteiger partial charge in [-0.1, -0.05) is 18.2 Å². The molecule has 7 nitrogen and oxygen atoms in total. The second kappa shape index (κ2) is 8.98. The van der Waals surface area contributed by atoms with Gasteiger partial charge in [0.1, 0.15) is 5.69 Å². The van der Waals surface area contributed by atoms with Crippen LogP contribution in [0.5, 0.6) is 5.75 Å². The van der Waals surface area contributed by atoms with Crippen molar-refractivity contribution in [2.24, 2.45) is 0 Å². The van der Waals surface area contributed by atoms with E-state index in [1.54, 1.807) is 17.5 Å². The van der Waals surface area contributed by atoms with E-state index >= 15 is 0 Å². The van der Waals surface area contributed by atoms with Crippen LogP contribution in [0, 0.1) is 20.8 Å². The number of esters is 1. The summed E-state index contributed by atoms with van der Waals surface area (Å²) in [6, 6.07) is 8.95. The van der Waals surface area contributed by atoms with Gasteiger partial charge in [-0.05, 0) is 56.5 Å². The third kappa shape index (κ3) is 4.15. The van der Waals surface area contributed by atoms with Gasteiger partial charge in [0.15, 0.2) is 11.4 Å². The van der Waals surface area contributed by atoms with E-state index in [0.29, 0.717) is 29.4 Å². The number of rotatable bonds is 7. The van der Waals surface area contributed by atoms with Crippen molar-refractivity contribution in [1.29, 1.82) is 0 Å². The summed E-state index contributed by atoms with van der Waals surface area (Å²) in [6.45, 7) is 8.16. The van der Waals surface area contributed by atoms with Gasteiger partial charge in [0.25, 0.3) is 5.91 Å². The van der Waals surface area contributed by atoms with Gasteiger partial charge in [-0.3, -0.25) is 14.0 Å². The highest BCUT2D eigenvalue weighted by Gasteiger charge is 2.25. The Hall–Kier alpha value is -3.35. The lowest BCUT2D eigenvalue weighted by molar-refractivity contribution is -0.141. The highest BCUT2D eigenvalue weighted by Crippen LogP contribution is 2.26. The SMILES string of the molecule is CCOc1cccn2c(C(=O)N[C@@H](CC(=O)OC)c3cccc(C)c3C)c(C)nc12. The standard InChI is InChI=1S/C23H27N3O4/c1-6-30-19-11-8-12-26-21(16(4)24-22(19)26)23(28)25-18(13-20(27)29-5)17-10-7-9-14(2)15(17)3/h7-12,18H,6,13H2,1-5H3,(H,25,28)/t18-/m0/s1. The van der Waals surface area contributed by atoms with Crippen LogP contribution in [0.15, 0.2) is 36.5 Å². The smallest absolute Gasteiger partial charge is 0.307 e. The lowest BCUT2D eigenvalue weighted by Gasteiger charge is -2.21. The summed E-state index contributed by atoms with van der Waals surface area (Å²) in [6.07, 6.45) is 1.81. The molecule has 1 aromatic carbocycles. The first-order valence-corrected chi connectivity index (χ1v) is 9.91. The fraction of sp³-hybridized carbons (Fsp3) is 0.348. The molecular formula is C23H27N3O4. The Morgan fingerprint density at radius 1 is 1.17 bits per heavy atom. The molecule has 0 radical (unpaired) electrons. The van der Waals surface area contributed by atoms with Crippen molar-refractivity contribution < 1.29 is 19.1 Å². The van der Waals surface area contributed by atoms with Crippen molar-refractivity contribution >= 4 is 17.5 Å². The maximum atomic E-state index is 13.3. The van der Waals surface area contributed by atoms with Crippen LogP contribution >= 0.6 is 0 Å². The molecule has 0 fully saturated rings. The van der Waals surface area contributed by atoms with E-state index in [-0.39, 0.29) is 12.3 Å². The zero-order valence-electron chi connectivity index (χ0n) is 18.0. The summed E-state index contributed by atoms with van der Waals surface area (Å²) in [4.78, 5) is 29.9. The van der Waals surface area contributed by atoms with E-state index in [2.05, 4.69) is 10.3 Å². The third-order valence-corrected chi connectivity index (χ3v) is 5.23. The molecule has 1 atom stereocenters. The predicted octanol–water partition coefficient (Wildman–Crippen LogP) is 3.69. The number of aromatic nitrogens is 2. The van der Waals surface area contributed by atoms with Crippen molar-refractivity contribution in [2.45, 2.75) is 40.2 Å². The number of nitrogens with zero attached hydrogens (tertiary/aromatic N) is 2. The van der Waals surface area contributed by atoms with E-state index in [1.165, 1.54) is 7.11 Å². The Labute approximate surface area is 176 Å². The van der Waals surface area contributed by atoms with Gasteiger partial charge < -0.3 is 14.8 Å². The molecule has 0 saturated carbocycles. The molecular weight excluding hydrogens is 382 g/mol. The number of ether oxygens (including phenoxy) is 2. The van der Waals surface area contributed by atoms with Gasteiger partial charge in [0.05, 0.1) is 31.9 Å². The van der Waals surface area contributed by atoms with Gasteiger partial charge in [0.2, 0.25) is 0 Å². The number of nitrogens with one attached hydrogen (secondary N) is 1. The first-order valence-electron chi connectivity index (χ1n) is 9.91. The van der Waals surface area contributed by atoms with Crippen LogP contribution in [0.25, 0.3) is 5.65 Å². The number of carbonyl (C=O) groups is 2. The molecule has 3 rings (SSSR count). The molecule has 2 heterocycles. The van der Waals surface area contributed by atoms with Gasteiger partial charge in [0, 0.05) is 6.20 Å². The van der Waals surface area contributed by atoms with Gasteiger partial charge in [-0.25, -0.2) is 4.98 Å². The number of amides is 1. The Morgan fingerprint density at radius 2 is 1.93 bits per heavy atom. The largest absolute Gasteiger partial charge is 0.490 e. The zero-order valence-corrected chi connectivity index (χ0v) is 18.0. The Kier molecular flexibility index (Phi) is 6.40. The summed E-state index contributed by atoms with van der Waals surface area (Å²) in [5, 5.41) is 3.01. The van der Waals surface area contributed by atoms with Crippen LogP contribution < -0.4 is 10.1 Å². The first-order chi connectivity index (χ1) is 14.4. The zero-order chi connectivity index (χ0) is 21.8. The molecule has 0 spiro atoms. The van der Waals surface area contributed by atoms with E-state index < -0.39 is 12.0 Å². The van der Waals surface area contributed by atoms with Crippen LogP contribution in [0.2, 0.25) is 0 Å². The maximum Gasteiger partial charge on any atom is 0.307 e. The molecule has 1 amide bonds. The topological polar surface area (TPSA) is 81.9 Å². The second-order valence-electron chi connectivity index (χ2n) is 7.14. The summed E-state index contributed by atoms with van der Waals surface area (Å²) in [5.41, 5.74) is 4.57. The van der Waals surface area contributed by atoms with Crippen LogP contribution in [0.3, 0.4) is 0 Å². The molecule has 3 aromatic rings. The number of carbonyl (C=O) groups excluding carboxylic acids is 2. The molecule has 1 N–H and O–H groups in total. The first kappa shape index (κ1) is 21.4. The molecule has 2 aromatic heterocycles. The molecule has 0 aliphatic carbocycles. The second-order valence-corrected chi connectivity index (χ2v) is 7.14. The summed E-state index contributed by atoms with van der Waals surface area (Å²) in [5.74, 6) is -0.0963. The van der Waals surface area contributed by atoms with E-state index in [0.717, 1.165) is 16.7 Å². The van der Waals surface area contributed by atoms with Crippen LogP contribution in [-0.2, 0) is 9.53 Å². The number of fused-ring (bicyclic) bond motifs is 1. The molecule has 0 bridgehead atoms. The molecule has 30 heavy (non-hydrogen) atoms. The Balaban J connectivity index is 2.00. The van der Waals surface area contributed by atoms with E-state index in [9.17, 15) is 9.59 Å². The lowest BCUT2D eigenvalue weighted by Crippen LogP contribution is -2.32. The molecule has 0 aliphatic heterocycles. The molecule has 158 valence electrons. The monoisotopic (exact) mass is 409 g/mol. The fourth-order valence-corrected chi connectivity index (χ4v) is 3.56. The summed E-state index contributed by atoms with van der Waals surface area (Å²) >= 11 is 0. The van der Waals surface area contributed by atoms with Crippen molar-refractivity contribution in [3.05, 3.63) is 64.6 Å². The minimum Gasteiger partial charge on any atom is -0.490 e. The molecule has 7 heteroatoms. The highest BCUT2D eigenvalue weighted by atomic mass is 16.5. The average molecular weight is 409 g/mol. The molecule has 0 aliphatic rings. The minimum atomic E-state index is -0.523. The van der Waals surface area contributed by atoms with E-state index in [4.69, 9.17) is 9.47 Å². The number of hydrogen-bond donors (Lipinski definition) is 1. The van der Waals surface area contributed by atoms with Crippen molar-refractivity contribution in [3.8, 4) is 5.75 Å². The summed E-state index contributed by atoms with van der Waals surface area (Å²) < 4.78 is 12.2. The number of pyridine rings is 1. The number of hydrogen-bond acceptors (Lipinski definition) is 5.